The molecule has 2 rings (SSSR count). The molecule has 1 aromatic rings. The molecule has 1 unspecified atom stereocenters. The molecule has 0 fully saturated rings. The summed E-state index contributed by atoms with van der Waals surface area (Å²) in [4.78, 5) is 0. The summed E-state index contributed by atoms with van der Waals surface area (Å²) in [6.07, 6.45) is 3.63. The number of fused-ring (bicyclic) bond motifs is 1. The molecule has 3 heteroatoms. The van der Waals surface area contributed by atoms with Gasteiger partial charge in [-0.3, -0.25) is 5.10 Å². The lowest BCUT2D eigenvalue weighted by Gasteiger charge is -2.16. The second-order valence-electron chi connectivity index (χ2n) is 3.32. The lowest BCUT2D eigenvalue weighted by atomic mass is 9.89. The van der Waals surface area contributed by atoms with E-state index in [-0.39, 0.29) is 0 Å². The maximum atomic E-state index is 4.12. The first-order valence-electron chi connectivity index (χ1n) is 3.99. The number of aromatic nitrogens is 2. The molecule has 1 atom stereocenters. The van der Waals surface area contributed by atoms with Crippen LogP contribution in [0.2, 0.25) is 0 Å². The number of aryl methyl sites for hydroxylation is 1. The van der Waals surface area contributed by atoms with Crippen LogP contribution in [-0.2, 0) is 12.8 Å². The molecule has 1 aromatic heterocycles. The highest BCUT2D eigenvalue weighted by Gasteiger charge is 2.19. The molecule has 0 bridgehead atoms. The van der Waals surface area contributed by atoms with E-state index < -0.39 is 0 Å². The van der Waals surface area contributed by atoms with Crippen LogP contribution in [0.1, 0.15) is 24.6 Å². The maximum Gasteiger partial charge on any atom is 0.131 e. The molecule has 0 aliphatic heterocycles. The molecular weight excluding hydrogens is 204 g/mol. The maximum absolute atomic E-state index is 4.12. The summed E-state index contributed by atoms with van der Waals surface area (Å²) in [5.74, 6) is 0.816. The molecule has 60 valence electrons. The topological polar surface area (TPSA) is 28.7 Å². The number of nitrogens with one attached hydrogen (secondary N) is 1. The van der Waals surface area contributed by atoms with E-state index in [1.54, 1.807) is 0 Å². The van der Waals surface area contributed by atoms with E-state index >= 15 is 0 Å². The lowest BCUT2D eigenvalue weighted by molar-refractivity contribution is 0.497. The van der Waals surface area contributed by atoms with Gasteiger partial charge >= 0.3 is 0 Å². The summed E-state index contributed by atoms with van der Waals surface area (Å²) in [7, 11) is 0. The number of hydrogen-bond donors (Lipinski definition) is 1. The second kappa shape index (κ2) is 2.63. The second-order valence-corrected chi connectivity index (χ2v) is 4.07. The molecule has 0 radical (unpaired) electrons. The fourth-order valence-electron chi connectivity index (χ4n) is 1.63. The minimum atomic E-state index is 0.816. The van der Waals surface area contributed by atoms with Crippen molar-refractivity contribution in [3.05, 3.63) is 15.9 Å². The standard InChI is InChI=1S/C8H11BrN2/c1-5-2-3-7-6(4-5)8(9)11-10-7/h5H,2-4H2,1H3,(H,10,11). The number of halogens is 1. The summed E-state index contributed by atoms with van der Waals surface area (Å²) in [5.41, 5.74) is 2.72. The molecule has 11 heavy (non-hydrogen) atoms. The van der Waals surface area contributed by atoms with Crippen molar-refractivity contribution in [3.63, 3.8) is 0 Å². The summed E-state index contributed by atoms with van der Waals surface area (Å²) < 4.78 is 1.01. The molecule has 1 aliphatic carbocycles. The molecule has 0 saturated heterocycles. The molecular formula is C8H11BrN2. The Hall–Kier alpha value is -0.310. The van der Waals surface area contributed by atoms with Crippen LogP contribution in [0.5, 0.6) is 0 Å². The van der Waals surface area contributed by atoms with Crippen LogP contribution in [0, 0.1) is 5.92 Å². The minimum absolute atomic E-state index is 0.816. The summed E-state index contributed by atoms with van der Waals surface area (Å²) in [6, 6.07) is 0. The molecule has 1 N–H and O–H groups in total. The Morgan fingerprint density at radius 3 is 3.27 bits per heavy atom. The van der Waals surface area contributed by atoms with Gasteiger partial charge in [0.2, 0.25) is 0 Å². The number of H-pyrrole nitrogens is 1. The lowest BCUT2D eigenvalue weighted by Crippen LogP contribution is -2.10. The Balaban J connectivity index is 2.37. The van der Waals surface area contributed by atoms with Gasteiger partial charge in [0.05, 0.1) is 0 Å². The van der Waals surface area contributed by atoms with Crippen molar-refractivity contribution in [2.24, 2.45) is 5.92 Å². The van der Waals surface area contributed by atoms with Crippen molar-refractivity contribution in [1.29, 1.82) is 0 Å². The fraction of sp³-hybridized carbons (Fsp3) is 0.625. The molecule has 0 spiro atoms. The van der Waals surface area contributed by atoms with Crippen molar-refractivity contribution in [2.75, 3.05) is 0 Å². The van der Waals surface area contributed by atoms with Crippen LogP contribution in [0.15, 0.2) is 4.60 Å². The van der Waals surface area contributed by atoms with Gasteiger partial charge in [0.25, 0.3) is 0 Å². The molecule has 0 saturated carbocycles. The van der Waals surface area contributed by atoms with Gasteiger partial charge in [-0.25, -0.2) is 0 Å². The zero-order chi connectivity index (χ0) is 7.84. The van der Waals surface area contributed by atoms with Crippen molar-refractivity contribution in [2.45, 2.75) is 26.2 Å². The Bertz CT molecular complexity index is 267. The van der Waals surface area contributed by atoms with E-state index in [2.05, 4.69) is 33.1 Å². The predicted molar refractivity (Wildman–Crippen MR) is 47.5 cm³/mol. The van der Waals surface area contributed by atoms with Crippen LogP contribution in [0.4, 0.5) is 0 Å². The third-order valence-corrected chi connectivity index (χ3v) is 3.00. The van der Waals surface area contributed by atoms with Gasteiger partial charge in [0.1, 0.15) is 4.60 Å². The number of nitrogens with zero attached hydrogens (tertiary/aromatic N) is 1. The summed E-state index contributed by atoms with van der Waals surface area (Å²) >= 11 is 3.44. The van der Waals surface area contributed by atoms with E-state index in [9.17, 15) is 0 Å². The highest BCUT2D eigenvalue weighted by Crippen LogP contribution is 2.28. The van der Waals surface area contributed by atoms with Gasteiger partial charge in [-0.05, 0) is 41.1 Å². The Morgan fingerprint density at radius 2 is 2.45 bits per heavy atom. The molecule has 2 nitrogen and oxygen atoms in total. The van der Waals surface area contributed by atoms with Crippen molar-refractivity contribution < 1.29 is 0 Å². The SMILES string of the molecule is CC1CCc2[nH]nc(Br)c2C1. The minimum Gasteiger partial charge on any atom is -0.281 e. The van der Waals surface area contributed by atoms with Gasteiger partial charge in [0.15, 0.2) is 0 Å². The van der Waals surface area contributed by atoms with Crippen LogP contribution in [0.25, 0.3) is 0 Å². The number of aromatic amines is 1. The Morgan fingerprint density at radius 1 is 1.64 bits per heavy atom. The van der Waals surface area contributed by atoms with Crippen molar-refractivity contribution >= 4 is 15.9 Å². The number of rotatable bonds is 0. The third-order valence-electron chi connectivity index (χ3n) is 2.34. The van der Waals surface area contributed by atoms with Crippen molar-refractivity contribution in [3.8, 4) is 0 Å². The normalized spacial score (nSPS) is 23.3. The van der Waals surface area contributed by atoms with Crippen molar-refractivity contribution in [1.82, 2.24) is 10.2 Å². The average Bonchev–Trinajstić information content (AvgIpc) is 2.33. The molecule has 1 aliphatic rings. The molecule has 1 heterocycles. The van der Waals surface area contributed by atoms with Crippen LogP contribution < -0.4 is 0 Å². The monoisotopic (exact) mass is 214 g/mol. The third kappa shape index (κ3) is 1.22. The number of hydrogen-bond acceptors (Lipinski definition) is 1. The van der Waals surface area contributed by atoms with E-state index in [0.717, 1.165) is 16.9 Å². The van der Waals surface area contributed by atoms with Gasteiger partial charge in [-0.1, -0.05) is 6.92 Å². The Kier molecular flexibility index (Phi) is 1.75. The predicted octanol–water partition coefficient (Wildman–Crippen LogP) is 2.30. The quantitative estimate of drug-likeness (QED) is 0.706. The zero-order valence-corrected chi connectivity index (χ0v) is 8.11. The molecule has 0 amide bonds. The highest BCUT2D eigenvalue weighted by atomic mass is 79.9. The van der Waals surface area contributed by atoms with Gasteiger partial charge in [-0.2, -0.15) is 5.10 Å². The van der Waals surface area contributed by atoms with Gasteiger partial charge in [-0.15, -0.1) is 0 Å². The Labute approximate surface area is 74.5 Å². The first-order valence-corrected chi connectivity index (χ1v) is 4.78. The fourth-order valence-corrected chi connectivity index (χ4v) is 2.12. The van der Waals surface area contributed by atoms with E-state index in [1.165, 1.54) is 24.1 Å². The first kappa shape index (κ1) is 7.35. The van der Waals surface area contributed by atoms with Crippen LogP contribution in [0.3, 0.4) is 0 Å². The van der Waals surface area contributed by atoms with E-state index in [1.807, 2.05) is 0 Å². The molecule has 0 aromatic carbocycles. The first-order chi connectivity index (χ1) is 5.27. The average molecular weight is 215 g/mol. The van der Waals surface area contributed by atoms with Gasteiger partial charge in [0, 0.05) is 11.3 Å². The van der Waals surface area contributed by atoms with E-state index in [4.69, 9.17) is 0 Å². The summed E-state index contributed by atoms with van der Waals surface area (Å²) in [6.45, 7) is 2.29. The largest absolute Gasteiger partial charge is 0.281 e. The zero-order valence-electron chi connectivity index (χ0n) is 6.52. The van der Waals surface area contributed by atoms with Gasteiger partial charge < -0.3 is 0 Å². The summed E-state index contributed by atoms with van der Waals surface area (Å²) in [5, 5.41) is 7.17. The highest BCUT2D eigenvalue weighted by molar-refractivity contribution is 9.10. The van der Waals surface area contributed by atoms with Crippen LogP contribution in [-0.4, -0.2) is 10.2 Å². The van der Waals surface area contributed by atoms with E-state index in [0.29, 0.717) is 0 Å². The smallest absolute Gasteiger partial charge is 0.131 e. The van der Waals surface area contributed by atoms with Crippen LogP contribution >= 0.6 is 15.9 Å².